The molecule has 23 heavy (non-hydrogen) atoms. The van der Waals surface area contributed by atoms with E-state index in [1.54, 1.807) is 12.1 Å². The van der Waals surface area contributed by atoms with Gasteiger partial charge in [-0.3, -0.25) is 4.72 Å². The van der Waals surface area contributed by atoms with Crippen LogP contribution < -0.4 is 4.72 Å². The van der Waals surface area contributed by atoms with Gasteiger partial charge >= 0.3 is 5.97 Å². The monoisotopic (exact) mass is 337 g/mol. The van der Waals surface area contributed by atoms with Gasteiger partial charge in [-0.05, 0) is 30.7 Å². The lowest BCUT2D eigenvalue weighted by atomic mass is 10.2. The van der Waals surface area contributed by atoms with Crippen molar-refractivity contribution in [2.75, 3.05) is 11.3 Å². The van der Waals surface area contributed by atoms with E-state index in [-0.39, 0.29) is 17.9 Å². The summed E-state index contributed by atoms with van der Waals surface area (Å²) in [5.41, 5.74) is 0.109. The molecule has 0 aliphatic rings. The smallest absolute Gasteiger partial charge is 0.340 e. The molecule has 0 heterocycles. The van der Waals surface area contributed by atoms with Gasteiger partial charge in [-0.1, -0.05) is 31.2 Å². The fraction of sp³-hybridized carbons (Fsp3) is 0.188. The maximum atomic E-state index is 13.7. The first-order chi connectivity index (χ1) is 11.0. The Morgan fingerprint density at radius 3 is 2.48 bits per heavy atom. The molecule has 0 aliphatic carbocycles. The first-order valence-corrected chi connectivity index (χ1v) is 8.47. The van der Waals surface area contributed by atoms with Crippen LogP contribution in [0.4, 0.5) is 10.1 Å². The summed E-state index contributed by atoms with van der Waals surface area (Å²) in [6, 6.07) is 11.0. The molecule has 0 atom stereocenters. The minimum atomic E-state index is -4.15. The van der Waals surface area contributed by atoms with Crippen molar-refractivity contribution in [3.63, 3.8) is 0 Å². The van der Waals surface area contributed by atoms with Crippen LogP contribution in [-0.4, -0.2) is 21.0 Å². The third-order valence-corrected chi connectivity index (χ3v) is 4.35. The van der Waals surface area contributed by atoms with Crippen molar-refractivity contribution >= 4 is 21.7 Å². The lowest BCUT2D eigenvalue weighted by molar-refractivity contribution is 0.0506. The Morgan fingerprint density at radius 1 is 1.13 bits per heavy atom. The van der Waals surface area contributed by atoms with E-state index in [1.807, 2.05) is 6.92 Å². The van der Waals surface area contributed by atoms with E-state index in [9.17, 15) is 17.6 Å². The number of carbonyl (C=O) groups is 1. The second kappa shape index (κ2) is 7.23. The Labute approximate surface area is 134 Å². The molecule has 5 nitrogen and oxygen atoms in total. The Morgan fingerprint density at radius 2 is 1.78 bits per heavy atom. The van der Waals surface area contributed by atoms with E-state index in [0.29, 0.717) is 6.42 Å². The van der Waals surface area contributed by atoms with Gasteiger partial charge in [0.1, 0.15) is 10.7 Å². The molecule has 1 N–H and O–H groups in total. The van der Waals surface area contributed by atoms with E-state index < -0.39 is 26.7 Å². The third-order valence-electron chi connectivity index (χ3n) is 2.95. The summed E-state index contributed by atoms with van der Waals surface area (Å²) in [6.45, 7) is 2.08. The molecule has 0 saturated carbocycles. The van der Waals surface area contributed by atoms with Gasteiger partial charge < -0.3 is 4.74 Å². The number of esters is 1. The molecule has 0 amide bonds. The highest BCUT2D eigenvalue weighted by Crippen LogP contribution is 2.22. The largest absolute Gasteiger partial charge is 0.462 e. The van der Waals surface area contributed by atoms with E-state index >= 15 is 0 Å². The van der Waals surface area contributed by atoms with Crippen LogP contribution in [0.1, 0.15) is 23.7 Å². The standard InChI is InChI=1S/C16H16FNO4S/c1-2-11-22-16(19)12-7-3-5-9-14(12)18-23(20,21)15-10-6-4-8-13(15)17/h3-10,18H,2,11H2,1H3. The highest BCUT2D eigenvalue weighted by Gasteiger charge is 2.21. The molecule has 2 rings (SSSR count). The van der Waals surface area contributed by atoms with Crippen LogP contribution in [0.5, 0.6) is 0 Å². The van der Waals surface area contributed by atoms with Crippen LogP contribution >= 0.6 is 0 Å². The Balaban J connectivity index is 2.34. The molecule has 122 valence electrons. The predicted molar refractivity (Wildman–Crippen MR) is 84.2 cm³/mol. The topological polar surface area (TPSA) is 72.5 Å². The zero-order valence-electron chi connectivity index (χ0n) is 12.5. The summed E-state index contributed by atoms with van der Waals surface area (Å²) >= 11 is 0. The molecule has 7 heteroatoms. The van der Waals surface area contributed by atoms with Crippen LogP contribution in [0.15, 0.2) is 53.4 Å². The molecule has 0 bridgehead atoms. The highest BCUT2D eigenvalue weighted by atomic mass is 32.2. The van der Waals surface area contributed by atoms with E-state index in [0.717, 1.165) is 12.1 Å². The van der Waals surface area contributed by atoms with Gasteiger partial charge in [0.05, 0.1) is 17.9 Å². The number of anilines is 1. The van der Waals surface area contributed by atoms with E-state index in [1.165, 1.54) is 24.3 Å². The number of sulfonamides is 1. The molecule has 2 aromatic carbocycles. The quantitative estimate of drug-likeness (QED) is 0.822. The van der Waals surface area contributed by atoms with Gasteiger partial charge in [0, 0.05) is 0 Å². The Kier molecular flexibility index (Phi) is 5.33. The number of halogens is 1. The number of benzene rings is 2. The molecule has 2 aromatic rings. The van der Waals surface area contributed by atoms with Crippen molar-refractivity contribution in [3.8, 4) is 0 Å². The van der Waals surface area contributed by atoms with Crippen LogP contribution in [0, 0.1) is 5.82 Å². The molecule has 0 aromatic heterocycles. The van der Waals surface area contributed by atoms with Crippen molar-refractivity contribution in [3.05, 3.63) is 59.9 Å². The van der Waals surface area contributed by atoms with Crippen LogP contribution in [-0.2, 0) is 14.8 Å². The minimum Gasteiger partial charge on any atom is -0.462 e. The van der Waals surface area contributed by atoms with Crippen molar-refractivity contribution in [2.45, 2.75) is 18.2 Å². The molecular formula is C16H16FNO4S. The number of hydrogen-bond donors (Lipinski definition) is 1. The summed E-state index contributed by atoms with van der Waals surface area (Å²) in [7, 11) is -4.15. The normalized spacial score (nSPS) is 11.0. The summed E-state index contributed by atoms with van der Waals surface area (Å²) in [4.78, 5) is 11.5. The number of carbonyl (C=O) groups excluding carboxylic acids is 1. The zero-order valence-corrected chi connectivity index (χ0v) is 13.3. The number of hydrogen-bond acceptors (Lipinski definition) is 4. The summed E-state index contributed by atoms with van der Waals surface area (Å²) in [5, 5.41) is 0. The van der Waals surface area contributed by atoms with Crippen molar-refractivity contribution in [2.24, 2.45) is 0 Å². The molecule has 0 unspecified atom stereocenters. The molecule has 0 spiro atoms. The van der Waals surface area contributed by atoms with Crippen molar-refractivity contribution in [1.82, 2.24) is 0 Å². The average Bonchev–Trinajstić information content (AvgIpc) is 2.53. The number of nitrogens with one attached hydrogen (secondary N) is 1. The van der Waals surface area contributed by atoms with Gasteiger partial charge in [0.15, 0.2) is 0 Å². The maximum absolute atomic E-state index is 13.7. The minimum absolute atomic E-state index is 0.0388. The third kappa shape index (κ3) is 4.07. The lowest BCUT2D eigenvalue weighted by Gasteiger charge is -2.12. The van der Waals surface area contributed by atoms with Crippen LogP contribution in [0.3, 0.4) is 0 Å². The van der Waals surface area contributed by atoms with E-state index in [2.05, 4.69) is 4.72 Å². The second-order valence-corrected chi connectivity index (χ2v) is 6.37. The van der Waals surface area contributed by atoms with Crippen LogP contribution in [0.2, 0.25) is 0 Å². The SMILES string of the molecule is CCCOC(=O)c1ccccc1NS(=O)(=O)c1ccccc1F. The Bertz CT molecular complexity index is 805. The first kappa shape index (κ1) is 17.0. The second-order valence-electron chi connectivity index (χ2n) is 4.72. The van der Waals surface area contributed by atoms with Gasteiger partial charge in [-0.15, -0.1) is 0 Å². The van der Waals surface area contributed by atoms with Gasteiger partial charge in [-0.2, -0.15) is 0 Å². The first-order valence-electron chi connectivity index (χ1n) is 6.99. The highest BCUT2D eigenvalue weighted by molar-refractivity contribution is 7.92. The molecule has 0 radical (unpaired) electrons. The van der Waals surface area contributed by atoms with Gasteiger partial charge in [0.2, 0.25) is 0 Å². The zero-order chi connectivity index (χ0) is 16.9. The lowest BCUT2D eigenvalue weighted by Crippen LogP contribution is -2.17. The maximum Gasteiger partial charge on any atom is 0.340 e. The summed E-state index contributed by atoms with van der Waals surface area (Å²) in [5.74, 6) is -1.51. The molecule has 0 saturated heterocycles. The number of ether oxygens (including phenoxy) is 1. The van der Waals surface area contributed by atoms with Gasteiger partial charge in [0.25, 0.3) is 10.0 Å². The van der Waals surface area contributed by atoms with E-state index in [4.69, 9.17) is 4.74 Å². The fourth-order valence-corrected chi connectivity index (χ4v) is 3.04. The summed E-state index contributed by atoms with van der Waals surface area (Å²) < 4.78 is 45.6. The molecule has 0 fully saturated rings. The van der Waals surface area contributed by atoms with Crippen molar-refractivity contribution < 1.29 is 22.3 Å². The Hall–Kier alpha value is -2.41. The van der Waals surface area contributed by atoms with Crippen molar-refractivity contribution in [1.29, 1.82) is 0 Å². The number of rotatable bonds is 6. The average molecular weight is 337 g/mol. The van der Waals surface area contributed by atoms with Crippen LogP contribution in [0.25, 0.3) is 0 Å². The molecule has 0 aliphatic heterocycles. The number of para-hydroxylation sites is 1. The molecular weight excluding hydrogens is 321 g/mol. The summed E-state index contributed by atoms with van der Waals surface area (Å²) in [6.07, 6.45) is 0.648. The predicted octanol–water partition coefficient (Wildman–Crippen LogP) is 3.19. The van der Waals surface area contributed by atoms with Gasteiger partial charge in [-0.25, -0.2) is 17.6 Å². The fourth-order valence-electron chi connectivity index (χ4n) is 1.89.